The molecule has 4 heterocycles. The molecule has 1 fully saturated rings. The Labute approximate surface area is 165 Å². The van der Waals surface area contributed by atoms with Crippen LogP contribution in [-0.4, -0.2) is 28.0 Å². The van der Waals surface area contributed by atoms with Gasteiger partial charge in [-0.2, -0.15) is 0 Å². The van der Waals surface area contributed by atoms with Gasteiger partial charge in [-0.1, -0.05) is 20.8 Å². The Hall–Kier alpha value is -2.27. The quantitative estimate of drug-likeness (QED) is 0.579. The average Bonchev–Trinajstić information content (AvgIpc) is 3.19. The molecule has 1 saturated heterocycles. The summed E-state index contributed by atoms with van der Waals surface area (Å²) in [6.07, 6.45) is 10.9. The van der Waals surface area contributed by atoms with Crippen LogP contribution in [0.2, 0.25) is 0 Å². The van der Waals surface area contributed by atoms with Crippen molar-refractivity contribution in [2.45, 2.75) is 39.0 Å². The van der Waals surface area contributed by atoms with Crippen LogP contribution >= 0.6 is 11.3 Å². The van der Waals surface area contributed by atoms with Crippen molar-refractivity contribution in [3.63, 3.8) is 0 Å². The molecule has 0 N–H and O–H groups in total. The van der Waals surface area contributed by atoms with Crippen LogP contribution in [-0.2, 0) is 0 Å². The van der Waals surface area contributed by atoms with E-state index >= 15 is 0 Å². The van der Waals surface area contributed by atoms with Gasteiger partial charge in [-0.3, -0.25) is 9.97 Å². The minimum absolute atomic E-state index is 0.504. The molecule has 0 unspecified atom stereocenters. The fourth-order valence-corrected chi connectivity index (χ4v) is 4.33. The molecule has 0 saturated carbocycles. The molecule has 5 heteroatoms. The summed E-state index contributed by atoms with van der Waals surface area (Å²) < 4.78 is 0. The third kappa shape index (κ3) is 4.03. The van der Waals surface area contributed by atoms with Gasteiger partial charge in [0.2, 0.25) is 0 Å². The number of thiazole rings is 1. The van der Waals surface area contributed by atoms with E-state index in [1.807, 2.05) is 36.4 Å². The second-order valence-corrected chi connectivity index (χ2v) is 8.78. The van der Waals surface area contributed by atoms with Crippen molar-refractivity contribution in [3.05, 3.63) is 59.6 Å². The van der Waals surface area contributed by atoms with Crippen LogP contribution in [0.25, 0.3) is 10.6 Å². The third-order valence-corrected chi connectivity index (χ3v) is 6.25. The molecule has 1 aliphatic rings. The summed E-state index contributed by atoms with van der Waals surface area (Å²) in [4.78, 5) is 15.7. The van der Waals surface area contributed by atoms with Gasteiger partial charge in [0.05, 0.1) is 11.9 Å². The molecule has 3 aromatic heterocycles. The molecule has 1 atom stereocenters. The number of aromatic nitrogens is 3. The maximum absolute atomic E-state index is 4.45. The fraction of sp³-hybridized carbons (Fsp3) is 0.409. The molecule has 0 aromatic carbocycles. The molecular weight excluding hydrogens is 352 g/mol. The SMILES string of the molecule is CC(C)c1cncc(N2CC(C[C@@H](C)c3cncc(-c4nccs4)c3)C2)c1. The highest BCUT2D eigenvalue weighted by Gasteiger charge is 2.29. The Morgan fingerprint density at radius 3 is 2.56 bits per heavy atom. The van der Waals surface area contributed by atoms with Crippen molar-refractivity contribution >= 4 is 17.0 Å². The number of pyridine rings is 2. The van der Waals surface area contributed by atoms with Crippen molar-refractivity contribution in [2.24, 2.45) is 5.92 Å². The van der Waals surface area contributed by atoms with E-state index < -0.39 is 0 Å². The Balaban J connectivity index is 1.36. The maximum atomic E-state index is 4.45. The first kappa shape index (κ1) is 18.1. The zero-order chi connectivity index (χ0) is 18.8. The summed E-state index contributed by atoms with van der Waals surface area (Å²) in [7, 11) is 0. The van der Waals surface area contributed by atoms with E-state index in [9.17, 15) is 0 Å². The van der Waals surface area contributed by atoms with E-state index in [-0.39, 0.29) is 0 Å². The summed E-state index contributed by atoms with van der Waals surface area (Å²) in [6.45, 7) is 8.98. The molecule has 4 rings (SSSR count). The van der Waals surface area contributed by atoms with E-state index in [1.54, 1.807) is 11.3 Å². The Morgan fingerprint density at radius 1 is 1.04 bits per heavy atom. The summed E-state index contributed by atoms with van der Waals surface area (Å²) in [5, 5.41) is 3.06. The summed E-state index contributed by atoms with van der Waals surface area (Å²) in [6, 6.07) is 4.54. The van der Waals surface area contributed by atoms with Gasteiger partial charge in [-0.05, 0) is 47.4 Å². The Bertz CT molecular complexity index is 885. The smallest absolute Gasteiger partial charge is 0.124 e. The monoisotopic (exact) mass is 378 g/mol. The average molecular weight is 379 g/mol. The van der Waals surface area contributed by atoms with Crippen LogP contribution in [0.4, 0.5) is 5.69 Å². The van der Waals surface area contributed by atoms with E-state index in [2.05, 4.69) is 52.8 Å². The first-order valence-electron chi connectivity index (χ1n) is 9.65. The molecule has 0 bridgehead atoms. The molecular formula is C22H26N4S. The van der Waals surface area contributed by atoms with Crippen molar-refractivity contribution in [1.29, 1.82) is 0 Å². The second kappa shape index (κ2) is 7.77. The largest absolute Gasteiger partial charge is 0.370 e. The number of nitrogens with zero attached hydrogens (tertiary/aromatic N) is 4. The highest BCUT2D eigenvalue weighted by Crippen LogP contribution is 2.33. The topological polar surface area (TPSA) is 41.9 Å². The highest BCUT2D eigenvalue weighted by atomic mass is 32.1. The predicted molar refractivity (Wildman–Crippen MR) is 112 cm³/mol. The van der Waals surface area contributed by atoms with Gasteiger partial charge >= 0.3 is 0 Å². The van der Waals surface area contributed by atoms with Gasteiger partial charge in [-0.25, -0.2) is 4.98 Å². The lowest BCUT2D eigenvalue weighted by Crippen LogP contribution is -2.47. The molecule has 0 radical (unpaired) electrons. The number of hydrogen-bond acceptors (Lipinski definition) is 5. The van der Waals surface area contributed by atoms with Crippen LogP contribution in [0.15, 0.2) is 48.5 Å². The van der Waals surface area contributed by atoms with Gasteiger partial charge < -0.3 is 4.90 Å². The predicted octanol–water partition coefficient (Wildman–Crippen LogP) is 5.35. The van der Waals surface area contributed by atoms with Gasteiger partial charge in [0.25, 0.3) is 0 Å². The number of rotatable bonds is 6. The molecule has 140 valence electrons. The number of anilines is 1. The van der Waals surface area contributed by atoms with Crippen molar-refractivity contribution in [2.75, 3.05) is 18.0 Å². The van der Waals surface area contributed by atoms with Crippen LogP contribution in [0.5, 0.6) is 0 Å². The lowest BCUT2D eigenvalue weighted by molar-refractivity contribution is 0.361. The molecule has 0 spiro atoms. The minimum Gasteiger partial charge on any atom is -0.370 e. The van der Waals surface area contributed by atoms with Gasteiger partial charge in [-0.15, -0.1) is 11.3 Å². The van der Waals surface area contributed by atoms with Crippen LogP contribution < -0.4 is 4.90 Å². The molecule has 27 heavy (non-hydrogen) atoms. The zero-order valence-electron chi connectivity index (χ0n) is 16.2. The van der Waals surface area contributed by atoms with Gasteiger partial charge in [0.15, 0.2) is 0 Å². The second-order valence-electron chi connectivity index (χ2n) is 7.88. The maximum Gasteiger partial charge on any atom is 0.124 e. The summed E-state index contributed by atoms with van der Waals surface area (Å²) in [5.41, 5.74) is 5.01. The molecule has 1 aliphatic heterocycles. The summed E-state index contributed by atoms with van der Waals surface area (Å²) >= 11 is 1.66. The van der Waals surface area contributed by atoms with Crippen LogP contribution in [0.1, 0.15) is 50.2 Å². The normalized spacial score (nSPS) is 15.8. The molecule has 0 amide bonds. The lowest BCUT2D eigenvalue weighted by Gasteiger charge is -2.42. The molecule has 3 aromatic rings. The first-order valence-corrected chi connectivity index (χ1v) is 10.5. The standard InChI is InChI=1S/C22H26N4S/c1-15(2)18-8-21(12-24-9-18)26-13-17(14-26)6-16(3)19-7-20(11-23-10-19)22-25-4-5-27-22/h4-5,7-12,15-17H,6,13-14H2,1-3H3/t16-/m1/s1. The summed E-state index contributed by atoms with van der Waals surface area (Å²) in [5.74, 6) is 1.75. The fourth-order valence-electron chi connectivity index (χ4n) is 3.71. The van der Waals surface area contributed by atoms with E-state index in [0.29, 0.717) is 11.8 Å². The van der Waals surface area contributed by atoms with Crippen molar-refractivity contribution in [3.8, 4) is 10.6 Å². The Morgan fingerprint density at radius 2 is 1.81 bits per heavy atom. The zero-order valence-corrected chi connectivity index (χ0v) is 17.0. The highest BCUT2D eigenvalue weighted by molar-refractivity contribution is 7.13. The lowest BCUT2D eigenvalue weighted by atomic mass is 9.86. The van der Waals surface area contributed by atoms with Crippen LogP contribution in [0.3, 0.4) is 0 Å². The first-order chi connectivity index (χ1) is 13.1. The van der Waals surface area contributed by atoms with Gasteiger partial charge in [0.1, 0.15) is 5.01 Å². The van der Waals surface area contributed by atoms with Crippen molar-refractivity contribution in [1.82, 2.24) is 15.0 Å². The number of hydrogen-bond donors (Lipinski definition) is 0. The molecule has 0 aliphatic carbocycles. The van der Waals surface area contributed by atoms with E-state index in [4.69, 9.17) is 0 Å². The van der Waals surface area contributed by atoms with Gasteiger partial charge in [0, 0.05) is 48.8 Å². The van der Waals surface area contributed by atoms with E-state index in [1.165, 1.54) is 23.2 Å². The Kier molecular flexibility index (Phi) is 5.21. The minimum atomic E-state index is 0.504. The van der Waals surface area contributed by atoms with Crippen molar-refractivity contribution < 1.29 is 0 Å². The third-order valence-electron chi connectivity index (χ3n) is 5.43. The molecule has 4 nitrogen and oxygen atoms in total. The van der Waals surface area contributed by atoms with E-state index in [0.717, 1.165) is 29.6 Å². The van der Waals surface area contributed by atoms with Crippen LogP contribution in [0, 0.1) is 5.92 Å².